The van der Waals surface area contributed by atoms with Crippen molar-refractivity contribution >= 4 is 22.8 Å². The molecule has 0 unspecified atom stereocenters. The molecule has 2 amide bonds. The first-order valence-electron chi connectivity index (χ1n) is 7.48. The number of benzene rings is 1. The number of nitrogens with zero attached hydrogens (tertiary/aromatic N) is 2. The number of hydrogen-bond acceptors (Lipinski definition) is 5. The fourth-order valence-corrected chi connectivity index (χ4v) is 1.94. The molecule has 0 aliphatic carbocycles. The Morgan fingerprint density at radius 1 is 1.39 bits per heavy atom. The van der Waals surface area contributed by atoms with Gasteiger partial charge in [0.1, 0.15) is 5.52 Å². The van der Waals surface area contributed by atoms with Gasteiger partial charge in [-0.1, -0.05) is 20.8 Å². The average Bonchev–Trinajstić information content (AvgIpc) is 2.88. The quantitative estimate of drug-likeness (QED) is 0.828. The molecule has 0 saturated carbocycles. The van der Waals surface area contributed by atoms with Crippen molar-refractivity contribution in [2.24, 2.45) is 0 Å². The molecule has 2 rings (SSSR count). The van der Waals surface area contributed by atoms with Crippen LogP contribution >= 0.6 is 0 Å². The standard InChI is InChI=1S/C16H24N4O3/c1-16(2,3)14-18-12-10-11(6-7-13(12)23-14)17-15(21)19-20(4)8-9-22-5/h6-7,10H,8-9H2,1-5H3,(H2,17,19,21). The molecule has 23 heavy (non-hydrogen) atoms. The van der Waals surface area contributed by atoms with Crippen LogP contribution < -0.4 is 10.7 Å². The van der Waals surface area contributed by atoms with Crippen molar-refractivity contribution in [1.82, 2.24) is 15.4 Å². The summed E-state index contributed by atoms with van der Waals surface area (Å²) in [6, 6.07) is 5.07. The summed E-state index contributed by atoms with van der Waals surface area (Å²) in [5, 5.41) is 4.43. The van der Waals surface area contributed by atoms with E-state index in [-0.39, 0.29) is 11.4 Å². The van der Waals surface area contributed by atoms with Crippen molar-refractivity contribution in [2.45, 2.75) is 26.2 Å². The maximum atomic E-state index is 11.9. The normalized spacial score (nSPS) is 11.9. The van der Waals surface area contributed by atoms with Crippen molar-refractivity contribution < 1.29 is 13.9 Å². The Labute approximate surface area is 136 Å². The monoisotopic (exact) mass is 320 g/mol. The predicted octanol–water partition coefficient (Wildman–Crippen LogP) is 2.74. The summed E-state index contributed by atoms with van der Waals surface area (Å²) in [6.07, 6.45) is 0. The van der Waals surface area contributed by atoms with Crippen LogP contribution in [0.1, 0.15) is 26.7 Å². The molecule has 7 nitrogen and oxygen atoms in total. The van der Waals surface area contributed by atoms with Gasteiger partial charge in [0, 0.05) is 31.8 Å². The predicted molar refractivity (Wildman–Crippen MR) is 89.4 cm³/mol. The lowest BCUT2D eigenvalue weighted by Crippen LogP contribution is -2.43. The summed E-state index contributed by atoms with van der Waals surface area (Å²) >= 11 is 0. The molecule has 0 aliphatic rings. The number of methoxy groups -OCH3 is 1. The van der Waals surface area contributed by atoms with Gasteiger partial charge in [0.25, 0.3) is 0 Å². The Hall–Kier alpha value is -2.12. The summed E-state index contributed by atoms with van der Waals surface area (Å²) in [6.45, 7) is 7.26. The first-order chi connectivity index (χ1) is 10.8. The number of carbonyl (C=O) groups is 1. The van der Waals surface area contributed by atoms with Crippen LogP contribution in [-0.2, 0) is 10.2 Å². The molecule has 0 atom stereocenters. The van der Waals surface area contributed by atoms with Crippen LogP contribution in [0.4, 0.5) is 10.5 Å². The largest absolute Gasteiger partial charge is 0.440 e. The van der Waals surface area contributed by atoms with Crippen molar-refractivity contribution in [3.05, 3.63) is 24.1 Å². The summed E-state index contributed by atoms with van der Waals surface area (Å²) in [5.74, 6) is 0.674. The zero-order valence-electron chi connectivity index (χ0n) is 14.3. The summed E-state index contributed by atoms with van der Waals surface area (Å²) in [7, 11) is 3.39. The number of fused-ring (bicyclic) bond motifs is 1. The molecule has 0 bridgehead atoms. The maximum Gasteiger partial charge on any atom is 0.333 e. The van der Waals surface area contributed by atoms with Crippen LogP contribution in [0.2, 0.25) is 0 Å². The van der Waals surface area contributed by atoms with Crippen LogP contribution in [0.25, 0.3) is 11.1 Å². The molecular weight excluding hydrogens is 296 g/mol. The number of ether oxygens (including phenoxy) is 1. The minimum Gasteiger partial charge on any atom is -0.440 e. The Balaban J connectivity index is 2.04. The minimum absolute atomic E-state index is 0.159. The van der Waals surface area contributed by atoms with Crippen molar-refractivity contribution in [3.8, 4) is 0 Å². The van der Waals surface area contributed by atoms with Crippen molar-refractivity contribution in [3.63, 3.8) is 0 Å². The van der Waals surface area contributed by atoms with Crippen LogP contribution in [0.3, 0.4) is 0 Å². The highest BCUT2D eigenvalue weighted by Crippen LogP contribution is 2.27. The van der Waals surface area contributed by atoms with E-state index in [1.54, 1.807) is 31.3 Å². The summed E-state index contributed by atoms with van der Waals surface area (Å²) in [4.78, 5) is 16.4. The smallest absolute Gasteiger partial charge is 0.333 e. The third-order valence-corrected chi connectivity index (χ3v) is 3.21. The third kappa shape index (κ3) is 4.67. The number of rotatable bonds is 5. The van der Waals surface area contributed by atoms with Gasteiger partial charge in [-0.3, -0.25) is 5.43 Å². The van der Waals surface area contributed by atoms with Gasteiger partial charge in [-0.2, -0.15) is 0 Å². The zero-order chi connectivity index (χ0) is 17.0. The first-order valence-corrected chi connectivity index (χ1v) is 7.48. The van der Waals surface area contributed by atoms with Crippen LogP contribution in [0.15, 0.2) is 22.6 Å². The Kier molecular flexibility index (Phi) is 5.23. The molecule has 0 spiro atoms. The molecular formula is C16H24N4O3. The molecule has 0 fully saturated rings. The number of hydrazine groups is 1. The fraction of sp³-hybridized carbons (Fsp3) is 0.500. The van der Waals surface area contributed by atoms with Gasteiger partial charge in [-0.25, -0.2) is 14.8 Å². The molecule has 1 aromatic carbocycles. The van der Waals surface area contributed by atoms with Crippen LogP contribution in [-0.4, -0.2) is 43.3 Å². The van der Waals surface area contributed by atoms with Gasteiger partial charge in [0.2, 0.25) is 5.89 Å². The number of nitrogens with one attached hydrogen (secondary N) is 2. The molecule has 0 aliphatic heterocycles. The maximum absolute atomic E-state index is 11.9. The van der Waals surface area contributed by atoms with Gasteiger partial charge < -0.3 is 14.5 Å². The highest BCUT2D eigenvalue weighted by atomic mass is 16.5. The second-order valence-electron chi connectivity index (χ2n) is 6.43. The second-order valence-corrected chi connectivity index (χ2v) is 6.43. The number of aromatic nitrogens is 1. The molecule has 1 aromatic heterocycles. The van der Waals surface area contributed by atoms with Gasteiger partial charge in [-0.15, -0.1) is 0 Å². The molecule has 0 radical (unpaired) electrons. The summed E-state index contributed by atoms with van der Waals surface area (Å²) < 4.78 is 10.7. The second kappa shape index (κ2) is 6.97. The Bertz CT molecular complexity index is 676. The Morgan fingerprint density at radius 2 is 2.13 bits per heavy atom. The lowest BCUT2D eigenvalue weighted by molar-refractivity contribution is 0.140. The van der Waals surface area contributed by atoms with E-state index < -0.39 is 0 Å². The first kappa shape index (κ1) is 17.2. The number of oxazole rings is 1. The highest BCUT2D eigenvalue weighted by molar-refractivity contribution is 5.91. The number of amides is 2. The van der Waals surface area contributed by atoms with E-state index >= 15 is 0 Å². The molecule has 126 valence electrons. The minimum atomic E-state index is -0.317. The van der Waals surface area contributed by atoms with E-state index in [0.717, 1.165) is 5.52 Å². The molecule has 7 heteroatoms. The lowest BCUT2D eigenvalue weighted by Gasteiger charge is -2.17. The highest BCUT2D eigenvalue weighted by Gasteiger charge is 2.21. The lowest BCUT2D eigenvalue weighted by atomic mass is 9.97. The third-order valence-electron chi connectivity index (χ3n) is 3.21. The molecule has 1 heterocycles. The van der Waals surface area contributed by atoms with E-state index in [0.29, 0.717) is 30.3 Å². The summed E-state index contributed by atoms with van der Waals surface area (Å²) in [5.41, 5.74) is 4.63. The van der Waals surface area contributed by atoms with Gasteiger partial charge in [-0.05, 0) is 18.2 Å². The van der Waals surface area contributed by atoms with E-state index in [2.05, 4.69) is 15.7 Å². The topological polar surface area (TPSA) is 79.6 Å². The van der Waals surface area contributed by atoms with E-state index in [1.807, 2.05) is 26.8 Å². The van der Waals surface area contributed by atoms with E-state index in [1.165, 1.54) is 0 Å². The van der Waals surface area contributed by atoms with Crippen molar-refractivity contribution in [1.29, 1.82) is 0 Å². The number of anilines is 1. The van der Waals surface area contributed by atoms with Gasteiger partial charge >= 0.3 is 6.03 Å². The zero-order valence-corrected chi connectivity index (χ0v) is 14.3. The number of urea groups is 1. The SMILES string of the molecule is COCCN(C)NC(=O)Nc1ccc2oc(C(C)(C)C)nc2c1. The average molecular weight is 320 g/mol. The Morgan fingerprint density at radius 3 is 2.78 bits per heavy atom. The fourth-order valence-electron chi connectivity index (χ4n) is 1.94. The number of likely N-dealkylation sites (N-methyl/N-ethyl adjacent to an activating group) is 1. The van der Waals surface area contributed by atoms with Crippen molar-refractivity contribution in [2.75, 3.05) is 32.6 Å². The van der Waals surface area contributed by atoms with E-state index in [9.17, 15) is 4.79 Å². The molecule has 2 N–H and O–H groups in total. The van der Waals surface area contributed by atoms with Gasteiger partial charge in [0.05, 0.1) is 6.61 Å². The van der Waals surface area contributed by atoms with Crippen LogP contribution in [0.5, 0.6) is 0 Å². The molecule has 2 aromatic rings. The van der Waals surface area contributed by atoms with E-state index in [4.69, 9.17) is 9.15 Å². The molecule has 0 saturated heterocycles. The van der Waals surface area contributed by atoms with Gasteiger partial charge in [0.15, 0.2) is 5.58 Å². The number of hydrogen-bond donors (Lipinski definition) is 2. The van der Waals surface area contributed by atoms with Crippen LogP contribution in [0, 0.1) is 0 Å². The number of carbonyl (C=O) groups excluding carboxylic acids is 1.